The van der Waals surface area contributed by atoms with Gasteiger partial charge in [-0.3, -0.25) is 14.9 Å². The van der Waals surface area contributed by atoms with E-state index in [4.69, 9.17) is 10.5 Å². The van der Waals surface area contributed by atoms with Crippen molar-refractivity contribution >= 4 is 17.3 Å². The molecule has 1 aliphatic heterocycles. The number of nitro groups is 1. The SMILES string of the molecule is CC1COCCN1C(=O)c1cc(N)ccc1[N+](=O)[O-]. The predicted octanol–water partition coefficient (Wildman–Crippen LogP) is 1.04. The lowest BCUT2D eigenvalue weighted by Gasteiger charge is -2.33. The fourth-order valence-electron chi connectivity index (χ4n) is 2.07. The number of benzene rings is 1. The zero-order valence-corrected chi connectivity index (χ0v) is 10.5. The number of carbonyl (C=O) groups excluding carboxylic acids is 1. The van der Waals surface area contributed by atoms with Crippen molar-refractivity contribution in [2.45, 2.75) is 13.0 Å². The molecule has 7 nitrogen and oxygen atoms in total. The van der Waals surface area contributed by atoms with Crippen molar-refractivity contribution in [3.8, 4) is 0 Å². The van der Waals surface area contributed by atoms with E-state index in [-0.39, 0.29) is 23.2 Å². The maximum Gasteiger partial charge on any atom is 0.282 e. The van der Waals surface area contributed by atoms with Crippen LogP contribution in [0.1, 0.15) is 17.3 Å². The van der Waals surface area contributed by atoms with Crippen LogP contribution in [0.25, 0.3) is 0 Å². The molecule has 2 rings (SSSR count). The van der Waals surface area contributed by atoms with E-state index in [1.807, 2.05) is 6.92 Å². The molecule has 0 bridgehead atoms. The lowest BCUT2D eigenvalue weighted by Crippen LogP contribution is -2.47. The van der Waals surface area contributed by atoms with Gasteiger partial charge in [-0.15, -0.1) is 0 Å². The molecule has 1 aliphatic rings. The summed E-state index contributed by atoms with van der Waals surface area (Å²) in [6.07, 6.45) is 0. The van der Waals surface area contributed by atoms with Crippen molar-refractivity contribution in [3.63, 3.8) is 0 Å². The molecule has 1 aromatic rings. The Balaban J connectivity index is 2.37. The molecule has 1 aromatic carbocycles. The third kappa shape index (κ3) is 2.65. The largest absolute Gasteiger partial charge is 0.399 e. The van der Waals surface area contributed by atoms with E-state index < -0.39 is 4.92 Å². The fraction of sp³-hybridized carbons (Fsp3) is 0.417. The molecule has 0 aromatic heterocycles. The summed E-state index contributed by atoms with van der Waals surface area (Å²) >= 11 is 0. The zero-order valence-electron chi connectivity index (χ0n) is 10.5. The second kappa shape index (κ2) is 5.23. The summed E-state index contributed by atoms with van der Waals surface area (Å²) in [7, 11) is 0. The second-order valence-electron chi connectivity index (χ2n) is 4.46. The van der Waals surface area contributed by atoms with Gasteiger partial charge in [0.25, 0.3) is 11.6 Å². The molecule has 102 valence electrons. The van der Waals surface area contributed by atoms with Crippen molar-refractivity contribution in [3.05, 3.63) is 33.9 Å². The summed E-state index contributed by atoms with van der Waals surface area (Å²) in [5.41, 5.74) is 5.74. The number of anilines is 1. The van der Waals surface area contributed by atoms with Crippen molar-refractivity contribution in [1.29, 1.82) is 0 Å². The molecule has 1 unspecified atom stereocenters. The van der Waals surface area contributed by atoms with Crippen LogP contribution in [0.3, 0.4) is 0 Å². The number of nitrogen functional groups attached to an aromatic ring is 1. The van der Waals surface area contributed by atoms with Gasteiger partial charge >= 0.3 is 0 Å². The van der Waals surface area contributed by atoms with E-state index in [1.165, 1.54) is 18.2 Å². The van der Waals surface area contributed by atoms with Crippen LogP contribution in [0.15, 0.2) is 18.2 Å². The van der Waals surface area contributed by atoms with Gasteiger partial charge in [-0.2, -0.15) is 0 Å². The lowest BCUT2D eigenvalue weighted by molar-refractivity contribution is -0.385. The third-order valence-corrected chi connectivity index (χ3v) is 3.08. The van der Waals surface area contributed by atoms with Gasteiger partial charge in [0.2, 0.25) is 0 Å². The summed E-state index contributed by atoms with van der Waals surface area (Å²) < 4.78 is 5.25. The van der Waals surface area contributed by atoms with Crippen molar-refractivity contribution in [2.75, 3.05) is 25.5 Å². The normalized spacial score (nSPS) is 19.2. The van der Waals surface area contributed by atoms with Gasteiger partial charge < -0.3 is 15.4 Å². The van der Waals surface area contributed by atoms with Crippen LogP contribution in [0.4, 0.5) is 11.4 Å². The van der Waals surface area contributed by atoms with E-state index in [0.717, 1.165) is 0 Å². The average molecular weight is 265 g/mol. The number of ether oxygens (including phenoxy) is 1. The number of carbonyl (C=O) groups is 1. The first-order valence-electron chi connectivity index (χ1n) is 5.93. The zero-order chi connectivity index (χ0) is 14.0. The highest BCUT2D eigenvalue weighted by Gasteiger charge is 2.29. The number of amides is 1. The van der Waals surface area contributed by atoms with E-state index in [0.29, 0.717) is 25.4 Å². The highest BCUT2D eigenvalue weighted by atomic mass is 16.6. The summed E-state index contributed by atoms with van der Waals surface area (Å²) in [6.45, 7) is 3.13. The minimum absolute atomic E-state index is 0.0266. The van der Waals surface area contributed by atoms with Crippen LogP contribution in [0, 0.1) is 10.1 Å². The standard InChI is InChI=1S/C12H15N3O4/c1-8-7-19-5-4-14(8)12(16)10-6-9(13)2-3-11(10)15(17)18/h2-3,6,8H,4-5,7,13H2,1H3. The Morgan fingerprint density at radius 1 is 1.58 bits per heavy atom. The molecule has 0 aliphatic carbocycles. The van der Waals surface area contributed by atoms with Crippen molar-refractivity contribution < 1.29 is 14.5 Å². The Morgan fingerprint density at radius 3 is 2.95 bits per heavy atom. The Labute approximate surface area is 110 Å². The summed E-state index contributed by atoms with van der Waals surface area (Å²) in [6, 6.07) is 3.91. The number of hydrogen-bond donors (Lipinski definition) is 1. The van der Waals surface area contributed by atoms with Gasteiger partial charge in [0.05, 0.1) is 24.2 Å². The smallest absolute Gasteiger partial charge is 0.282 e. The Bertz CT molecular complexity index is 518. The molecule has 1 fully saturated rings. The fourth-order valence-corrected chi connectivity index (χ4v) is 2.07. The predicted molar refractivity (Wildman–Crippen MR) is 68.8 cm³/mol. The molecular formula is C12H15N3O4. The van der Waals surface area contributed by atoms with Gasteiger partial charge in [-0.1, -0.05) is 0 Å². The number of nitrogens with two attached hydrogens (primary N) is 1. The lowest BCUT2D eigenvalue weighted by atomic mass is 10.1. The number of nitrogens with zero attached hydrogens (tertiary/aromatic N) is 2. The Hall–Kier alpha value is -2.15. The average Bonchev–Trinajstić information content (AvgIpc) is 2.38. The summed E-state index contributed by atoms with van der Waals surface area (Å²) in [5.74, 6) is -0.380. The minimum Gasteiger partial charge on any atom is -0.399 e. The van der Waals surface area contributed by atoms with Gasteiger partial charge in [0.1, 0.15) is 5.56 Å². The first-order chi connectivity index (χ1) is 9.00. The second-order valence-corrected chi connectivity index (χ2v) is 4.46. The summed E-state index contributed by atoms with van der Waals surface area (Å²) in [4.78, 5) is 24.4. The van der Waals surface area contributed by atoms with Gasteiger partial charge in [-0.05, 0) is 19.1 Å². The van der Waals surface area contributed by atoms with Crippen LogP contribution in [-0.2, 0) is 4.74 Å². The van der Waals surface area contributed by atoms with Crippen LogP contribution >= 0.6 is 0 Å². The van der Waals surface area contributed by atoms with Gasteiger partial charge in [0.15, 0.2) is 0 Å². The minimum atomic E-state index is -0.572. The summed E-state index contributed by atoms with van der Waals surface area (Å²) in [5, 5.41) is 11.0. The molecule has 1 saturated heterocycles. The first kappa shape index (κ1) is 13.3. The topological polar surface area (TPSA) is 98.7 Å². The van der Waals surface area contributed by atoms with Crippen molar-refractivity contribution in [2.24, 2.45) is 0 Å². The third-order valence-electron chi connectivity index (χ3n) is 3.08. The van der Waals surface area contributed by atoms with Crippen LogP contribution < -0.4 is 5.73 Å². The van der Waals surface area contributed by atoms with Crippen LogP contribution in [0.2, 0.25) is 0 Å². The molecular weight excluding hydrogens is 250 g/mol. The van der Waals surface area contributed by atoms with Gasteiger partial charge in [-0.25, -0.2) is 0 Å². The Kier molecular flexibility index (Phi) is 3.66. The first-order valence-corrected chi connectivity index (χ1v) is 5.93. The van der Waals surface area contributed by atoms with Crippen LogP contribution in [-0.4, -0.2) is 41.5 Å². The van der Waals surface area contributed by atoms with E-state index >= 15 is 0 Å². The molecule has 1 amide bonds. The molecule has 2 N–H and O–H groups in total. The number of morpholine rings is 1. The molecule has 0 spiro atoms. The number of nitro benzene ring substituents is 1. The molecule has 1 atom stereocenters. The number of hydrogen-bond acceptors (Lipinski definition) is 5. The maximum absolute atomic E-state index is 12.4. The van der Waals surface area contributed by atoms with E-state index in [9.17, 15) is 14.9 Å². The van der Waals surface area contributed by atoms with Crippen LogP contribution in [0.5, 0.6) is 0 Å². The monoisotopic (exact) mass is 265 g/mol. The van der Waals surface area contributed by atoms with Gasteiger partial charge in [0, 0.05) is 18.3 Å². The molecule has 19 heavy (non-hydrogen) atoms. The molecule has 1 heterocycles. The highest BCUT2D eigenvalue weighted by Crippen LogP contribution is 2.24. The quantitative estimate of drug-likeness (QED) is 0.489. The van der Waals surface area contributed by atoms with E-state index in [1.54, 1.807) is 4.90 Å². The Morgan fingerprint density at radius 2 is 2.32 bits per heavy atom. The molecule has 7 heteroatoms. The molecule has 0 saturated carbocycles. The number of rotatable bonds is 2. The maximum atomic E-state index is 12.4. The van der Waals surface area contributed by atoms with E-state index in [2.05, 4.69) is 0 Å². The van der Waals surface area contributed by atoms with Crippen molar-refractivity contribution in [1.82, 2.24) is 4.90 Å². The highest BCUT2D eigenvalue weighted by molar-refractivity contribution is 5.99. The molecule has 0 radical (unpaired) electrons.